The van der Waals surface area contributed by atoms with Gasteiger partial charge in [-0.2, -0.15) is 0 Å². The van der Waals surface area contributed by atoms with E-state index in [9.17, 15) is 40.2 Å². The molecule has 0 aromatic heterocycles. The number of aliphatic hydroxyl groups excluding tert-OH is 4. The quantitative estimate of drug-likeness (QED) is 0.117. The number of hydrogen-bond donors (Lipinski definition) is 8. The summed E-state index contributed by atoms with van der Waals surface area (Å²) in [4.78, 5) is 32.9. The van der Waals surface area contributed by atoms with Crippen molar-refractivity contribution in [1.29, 1.82) is 0 Å². The Morgan fingerprint density at radius 1 is 0.905 bits per heavy atom. The number of carbonyl (C=O) groups is 2. The minimum absolute atomic E-state index is 0.0498. The number of cyclic esters (lactones) is 2. The number of amides is 1. The Bertz CT molecular complexity index is 2020. The molecule has 0 spiro atoms. The molecule has 1 aromatic carbocycles. The molecule has 21 nitrogen and oxygen atoms in total. The molecule has 4 fully saturated rings. The predicted molar refractivity (Wildman–Crippen MR) is 274 cm³/mol. The van der Waals surface area contributed by atoms with Crippen LogP contribution in [-0.4, -0.2) is 208 Å². The van der Waals surface area contributed by atoms with Gasteiger partial charge in [-0.3, -0.25) is 14.7 Å². The summed E-state index contributed by atoms with van der Waals surface area (Å²) in [6.07, 6.45) is -6.98. The van der Waals surface area contributed by atoms with Gasteiger partial charge in [0, 0.05) is 75.2 Å². The van der Waals surface area contributed by atoms with Crippen LogP contribution in [0.5, 0.6) is 0 Å². The van der Waals surface area contributed by atoms with Crippen LogP contribution in [0.3, 0.4) is 0 Å². The van der Waals surface area contributed by atoms with Gasteiger partial charge in [0.1, 0.15) is 36.1 Å². The lowest BCUT2D eigenvalue weighted by molar-refractivity contribution is -0.318. The SMILES string of the molecule is CC[C@H]1OC(=O)[C@H](C)[C@@H](O[C@H]2C[C@@](C)(OC)[C@@H](O)[C@H](C)O2)[C@H](C)[C@@H](O[C@@H]2O[C@H](C)C[C@H](N(C)CCC3=CN(C[C@H]4CN(c5ccc(CCO)cc5)C(=O)O4)NN3)[C@H]2O)[C@](C)(O)C[C@@H](C)CN(C)[C@H](C)[C@@H](O)[C@]1(C)O. The lowest BCUT2D eigenvalue weighted by Crippen LogP contribution is -2.61. The van der Waals surface area contributed by atoms with Crippen LogP contribution >= 0.6 is 0 Å². The van der Waals surface area contributed by atoms with Crippen molar-refractivity contribution in [3.05, 3.63) is 41.7 Å². The number of esters is 1. The number of hydrazine groups is 2. The summed E-state index contributed by atoms with van der Waals surface area (Å²) >= 11 is 0. The fraction of sp³-hybridized carbons (Fsp3) is 0.811. The maximum Gasteiger partial charge on any atom is 0.414 e. The number of rotatable bonds is 15. The number of ether oxygens (including phenoxy) is 7. The largest absolute Gasteiger partial charge is 0.459 e. The van der Waals surface area contributed by atoms with E-state index < -0.39 is 114 Å². The molecule has 74 heavy (non-hydrogen) atoms. The van der Waals surface area contributed by atoms with Crippen LogP contribution in [0.25, 0.3) is 0 Å². The monoisotopic (exact) mass is 1050 g/mol. The zero-order valence-electron chi connectivity index (χ0n) is 46.0. The highest BCUT2D eigenvalue weighted by molar-refractivity contribution is 5.89. The molecule has 1 amide bonds. The smallest absolute Gasteiger partial charge is 0.414 e. The molecule has 0 saturated carbocycles. The number of benzene rings is 1. The molecular weight excluding hydrogens is 961 g/mol. The molecule has 6 rings (SSSR count). The fourth-order valence-electron chi connectivity index (χ4n) is 11.8. The molecule has 21 heteroatoms. The number of aliphatic hydroxyl groups is 6. The van der Waals surface area contributed by atoms with Gasteiger partial charge >= 0.3 is 12.1 Å². The zero-order valence-corrected chi connectivity index (χ0v) is 46.0. The van der Waals surface area contributed by atoms with Crippen LogP contribution in [0, 0.1) is 17.8 Å². The van der Waals surface area contributed by atoms with Gasteiger partial charge in [-0.15, -0.1) is 5.53 Å². The Morgan fingerprint density at radius 2 is 1.59 bits per heavy atom. The van der Waals surface area contributed by atoms with Crippen LogP contribution in [0.1, 0.15) is 107 Å². The number of nitrogens with zero attached hydrogens (tertiary/aromatic N) is 4. The first kappa shape index (κ1) is 60.0. The van der Waals surface area contributed by atoms with Crippen molar-refractivity contribution >= 4 is 17.7 Å². The van der Waals surface area contributed by atoms with Crippen LogP contribution < -0.4 is 15.9 Å². The van der Waals surface area contributed by atoms with Crippen molar-refractivity contribution in [2.75, 3.05) is 58.9 Å². The maximum atomic E-state index is 14.5. The molecule has 5 aliphatic rings. The van der Waals surface area contributed by atoms with Crippen LogP contribution in [-0.2, 0) is 44.4 Å². The van der Waals surface area contributed by atoms with Gasteiger partial charge in [-0.05, 0) is 112 Å². The van der Waals surface area contributed by atoms with Crippen molar-refractivity contribution in [2.24, 2.45) is 17.8 Å². The number of nitrogens with one attached hydrogen (secondary N) is 2. The second kappa shape index (κ2) is 25.0. The third kappa shape index (κ3) is 13.9. The topological polar surface area (TPSA) is 257 Å². The van der Waals surface area contributed by atoms with Crippen molar-refractivity contribution in [3.8, 4) is 0 Å². The molecule has 19 atom stereocenters. The van der Waals surface area contributed by atoms with E-state index in [4.69, 9.17) is 33.2 Å². The Hall–Kier alpha value is -3.26. The van der Waals surface area contributed by atoms with Gasteiger partial charge < -0.3 is 79.0 Å². The van der Waals surface area contributed by atoms with E-state index in [0.717, 1.165) is 16.9 Å². The van der Waals surface area contributed by atoms with E-state index in [1.165, 1.54) is 14.0 Å². The van der Waals surface area contributed by atoms with Gasteiger partial charge in [0.05, 0.1) is 54.6 Å². The Kier molecular flexibility index (Phi) is 20.3. The molecule has 4 saturated heterocycles. The van der Waals surface area contributed by atoms with E-state index in [1.54, 1.807) is 46.4 Å². The molecular formula is C53H90N6O15. The third-order valence-corrected chi connectivity index (χ3v) is 16.4. The Morgan fingerprint density at radius 3 is 2.24 bits per heavy atom. The number of anilines is 1. The Labute approximate surface area is 438 Å². The minimum Gasteiger partial charge on any atom is -0.459 e. The fourth-order valence-corrected chi connectivity index (χ4v) is 11.8. The second-order valence-electron chi connectivity index (χ2n) is 22.7. The zero-order chi connectivity index (χ0) is 54.6. The van der Waals surface area contributed by atoms with Crippen molar-refractivity contribution in [1.82, 2.24) is 25.8 Å². The Balaban J connectivity index is 1.21. The summed E-state index contributed by atoms with van der Waals surface area (Å²) in [6.45, 7) is 19.3. The first-order valence-corrected chi connectivity index (χ1v) is 26.7. The molecule has 5 aliphatic heterocycles. The average Bonchev–Trinajstić information content (AvgIpc) is 3.96. The molecule has 1 aromatic rings. The van der Waals surface area contributed by atoms with Crippen LogP contribution in [0.2, 0.25) is 0 Å². The first-order chi connectivity index (χ1) is 34.7. The summed E-state index contributed by atoms with van der Waals surface area (Å²) < 4.78 is 44.0. The maximum absolute atomic E-state index is 14.5. The number of likely N-dealkylation sites (N-methyl/N-ethyl adjacent to an activating group) is 2. The molecule has 8 N–H and O–H groups in total. The van der Waals surface area contributed by atoms with Gasteiger partial charge in [-0.1, -0.05) is 32.9 Å². The summed E-state index contributed by atoms with van der Waals surface area (Å²) in [6, 6.07) is 6.47. The van der Waals surface area contributed by atoms with Crippen molar-refractivity contribution in [2.45, 2.75) is 204 Å². The molecule has 0 bridgehead atoms. The van der Waals surface area contributed by atoms with E-state index in [0.29, 0.717) is 45.4 Å². The molecule has 5 heterocycles. The molecule has 0 radical (unpaired) electrons. The van der Waals surface area contributed by atoms with Crippen molar-refractivity contribution < 1.29 is 73.4 Å². The predicted octanol–water partition coefficient (Wildman–Crippen LogP) is 2.39. The van der Waals surface area contributed by atoms with E-state index in [-0.39, 0.29) is 37.9 Å². The lowest BCUT2D eigenvalue weighted by atomic mass is 9.77. The highest BCUT2D eigenvalue weighted by Gasteiger charge is 2.53. The van der Waals surface area contributed by atoms with E-state index >= 15 is 0 Å². The summed E-state index contributed by atoms with van der Waals surface area (Å²) in [7, 11) is 5.26. The van der Waals surface area contributed by atoms with E-state index in [2.05, 4.69) is 15.9 Å². The summed E-state index contributed by atoms with van der Waals surface area (Å²) in [5.74, 6) is -2.82. The summed E-state index contributed by atoms with van der Waals surface area (Å²) in [5, 5.41) is 70.9. The molecule has 0 unspecified atom stereocenters. The number of carbonyl (C=O) groups excluding carboxylic acids is 2. The average molecular weight is 1050 g/mol. The van der Waals surface area contributed by atoms with E-state index in [1.807, 2.05) is 75.2 Å². The van der Waals surface area contributed by atoms with Gasteiger partial charge in [0.25, 0.3) is 0 Å². The first-order valence-electron chi connectivity index (χ1n) is 26.7. The summed E-state index contributed by atoms with van der Waals surface area (Å²) in [5.41, 5.74) is 4.39. The van der Waals surface area contributed by atoms with Crippen LogP contribution in [0.4, 0.5) is 10.5 Å². The highest BCUT2D eigenvalue weighted by Crippen LogP contribution is 2.40. The number of methoxy groups -OCH3 is 1. The van der Waals surface area contributed by atoms with Gasteiger partial charge in [0.2, 0.25) is 0 Å². The second-order valence-corrected chi connectivity index (χ2v) is 22.7. The number of hydrogen-bond acceptors (Lipinski definition) is 20. The minimum atomic E-state index is -1.84. The highest BCUT2D eigenvalue weighted by atomic mass is 16.7. The normalized spacial score (nSPS) is 41.3. The molecule has 422 valence electrons. The van der Waals surface area contributed by atoms with Crippen molar-refractivity contribution in [3.63, 3.8) is 0 Å². The van der Waals surface area contributed by atoms with Gasteiger partial charge in [0.15, 0.2) is 12.6 Å². The van der Waals surface area contributed by atoms with Gasteiger partial charge in [-0.25, -0.2) is 4.79 Å². The third-order valence-electron chi connectivity index (χ3n) is 16.4. The van der Waals surface area contributed by atoms with Crippen LogP contribution in [0.15, 0.2) is 36.2 Å². The lowest BCUT2D eigenvalue weighted by Gasteiger charge is -2.49. The molecule has 0 aliphatic carbocycles. The standard InChI is InChI=1S/C53H90N6O15/c1-14-41-53(10,67)45(62)34(6)57(12)26-30(2)24-51(8,66)47(32(4)44(33(5)48(64)72-41)73-42-25-52(9,68-13)46(63)35(7)70-42)74-49-43(61)40(23-31(3)69-49)56(11)21-19-37-27-58(55-54-37)28-39-29-59(50(65)71-39)38-17-15-36(16-18-38)20-22-60/h15-18,27,30-35,39-47,49,54-55,60-63,66-67H,14,19-26,28-29H2,1-13H3/t30-,31-,32+,33-,34-,35+,39+,40+,41-,42+,43-,44+,45-,46+,47-,49+,51-,52-,53-/m1/s1.